The van der Waals surface area contributed by atoms with Crippen LogP contribution in [0.15, 0.2) is 64.6 Å². The fraction of sp³-hybridized carbons (Fsp3) is 0.154. The summed E-state index contributed by atoms with van der Waals surface area (Å²) in [5, 5.41) is 12.7. The number of carbonyl (C=O) groups excluding carboxylic acids is 1. The molecule has 3 rings (SSSR count). The lowest BCUT2D eigenvalue weighted by Gasteiger charge is -2.13. The molecule has 0 saturated carbocycles. The number of amides is 1. The topological polar surface area (TPSA) is 80.6 Å². The van der Waals surface area contributed by atoms with E-state index in [9.17, 15) is 10.1 Å². The molecule has 0 aromatic heterocycles. The number of aryl methyl sites for hydroxylation is 1. The number of halogens is 2. The lowest BCUT2D eigenvalue weighted by molar-refractivity contribution is -0.112. The van der Waals surface area contributed by atoms with Crippen molar-refractivity contribution in [2.45, 2.75) is 13.5 Å². The highest BCUT2D eigenvalue weighted by Gasteiger charge is 2.16. The lowest BCUT2D eigenvalue weighted by Crippen LogP contribution is -2.14. The van der Waals surface area contributed by atoms with Crippen LogP contribution in [-0.4, -0.2) is 20.1 Å². The van der Waals surface area contributed by atoms with Crippen molar-refractivity contribution in [3.63, 3.8) is 0 Å². The molecule has 3 aromatic carbocycles. The van der Waals surface area contributed by atoms with Crippen LogP contribution in [-0.2, 0) is 11.4 Å². The molecule has 0 aliphatic heterocycles. The minimum absolute atomic E-state index is 0.116. The summed E-state index contributed by atoms with van der Waals surface area (Å²) in [6.07, 6.45) is 1.48. The number of benzene rings is 3. The van der Waals surface area contributed by atoms with Gasteiger partial charge in [0.1, 0.15) is 35.5 Å². The predicted molar refractivity (Wildman–Crippen MR) is 136 cm³/mol. The Morgan fingerprint density at radius 3 is 2.53 bits per heavy atom. The second-order valence-corrected chi connectivity index (χ2v) is 8.59. The molecule has 0 fully saturated rings. The summed E-state index contributed by atoms with van der Waals surface area (Å²) in [6.45, 7) is 2.36. The van der Waals surface area contributed by atoms with Gasteiger partial charge in [-0.25, -0.2) is 0 Å². The van der Waals surface area contributed by atoms with Gasteiger partial charge in [-0.2, -0.15) is 5.26 Å². The first kappa shape index (κ1) is 25.2. The van der Waals surface area contributed by atoms with Gasteiger partial charge in [0.15, 0.2) is 0 Å². The molecule has 174 valence electrons. The van der Waals surface area contributed by atoms with Gasteiger partial charge >= 0.3 is 0 Å². The minimum Gasteiger partial charge on any atom is -0.495 e. The molecule has 3 aromatic rings. The van der Waals surface area contributed by atoms with Gasteiger partial charge in [0.25, 0.3) is 5.91 Å². The average molecular weight is 542 g/mol. The van der Waals surface area contributed by atoms with E-state index in [4.69, 9.17) is 25.8 Å². The molecule has 8 heteroatoms. The number of nitrogens with zero attached hydrogens (tertiary/aromatic N) is 1. The largest absolute Gasteiger partial charge is 0.495 e. The third kappa shape index (κ3) is 6.31. The molecule has 1 amide bonds. The summed E-state index contributed by atoms with van der Waals surface area (Å²) >= 11 is 9.56. The number of nitriles is 1. The van der Waals surface area contributed by atoms with Crippen molar-refractivity contribution < 1.29 is 19.0 Å². The standard InChI is InChI=1S/C26H22BrClN2O4/c1-16-5-4-6-17(9-16)15-34-23-8-7-20(27)11-18(23)10-19(14-29)26(31)30-22-13-24(32-2)21(28)12-25(22)33-3/h4-13H,15H2,1-3H3,(H,30,31)/b19-10+. The number of hydrogen-bond acceptors (Lipinski definition) is 5. The molecule has 0 unspecified atom stereocenters. The Morgan fingerprint density at radius 1 is 1.09 bits per heavy atom. The van der Waals surface area contributed by atoms with Crippen LogP contribution in [0.4, 0.5) is 5.69 Å². The van der Waals surface area contributed by atoms with Gasteiger partial charge in [0, 0.05) is 22.2 Å². The third-order valence-electron chi connectivity index (χ3n) is 4.84. The van der Waals surface area contributed by atoms with Crippen LogP contribution in [0.25, 0.3) is 6.08 Å². The van der Waals surface area contributed by atoms with Crippen molar-refractivity contribution in [2.75, 3.05) is 19.5 Å². The third-order valence-corrected chi connectivity index (χ3v) is 5.62. The monoisotopic (exact) mass is 540 g/mol. The second kappa shape index (κ2) is 11.6. The highest BCUT2D eigenvalue weighted by Crippen LogP contribution is 2.36. The van der Waals surface area contributed by atoms with E-state index in [1.165, 1.54) is 32.4 Å². The van der Waals surface area contributed by atoms with Crippen LogP contribution in [0.2, 0.25) is 5.02 Å². The molecule has 0 spiro atoms. The van der Waals surface area contributed by atoms with Gasteiger partial charge in [-0.05, 0) is 36.8 Å². The normalized spacial score (nSPS) is 10.9. The molecular formula is C26H22BrClN2O4. The van der Waals surface area contributed by atoms with Crippen molar-refractivity contribution >= 4 is 45.2 Å². The molecule has 0 aliphatic rings. The molecule has 0 atom stereocenters. The number of hydrogen-bond donors (Lipinski definition) is 1. The zero-order valence-electron chi connectivity index (χ0n) is 18.8. The van der Waals surface area contributed by atoms with E-state index in [2.05, 4.69) is 21.2 Å². The molecule has 0 heterocycles. The lowest BCUT2D eigenvalue weighted by atomic mass is 10.1. The Hall–Kier alpha value is -3.47. The van der Waals surface area contributed by atoms with Crippen LogP contribution >= 0.6 is 27.5 Å². The molecule has 34 heavy (non-hydrogen) atoms. The van der Waals surface area contributed by atoms with Crippen LogP contribution in [0, 0.1) is 18.3 Å². The van der Waals surface area contributed by atoms with Crippen LogP contribution in [0.5, 0.6) is 17.2 Å². The summed E-state index contributed by atoms with van der Waals surface area (Å²) in [4.78, 5) is 12.9. The first-order chi connectivity index (χ1) is 16.3. The van der Waals surface area contributed by atoms with Crippen molar-refractivity contribution in [1.29, 1.82) is 5.26 Å². The molecule has 0 bridgehead atoms. The van der Waals surface area contributed by atoms with E-state index < -0.39 is 5.91 Å². The highest BCUT2D eigenvalue weighted by molar-refractivity contribution is 9.10. The predicted octanol–water partition coefficient (Wildman–Crippen LogP) is 6.55. The summed E-state index contributed by atoms with van der Waals surface area (Å²) in [7, 11) is 2.92. The van der Waals surface area contributed by atoms with Gasteiger partial charge in [-0.3, -0.25) is 4.79 Å². The van der Waals surface area contributed by atoms with Crippen molar-refractivity contribution in [1.82, 2.24) is 0 Å². The smallest absolute Gasteiger partial charge is 0.266 e. The fourth-order valence-electron chi connectivity index (χ4n) is 3.18. The molecule has 0 radical (unpaired) electrons. The Balaban J connectivity index is 1.88. The van der Waals surface area contributed by atoms with E-state index in [0.29, 0.717) is 40.1 Å². The van der Waals surface area contributed by atoms with Gasteiger partial charge < -0.3 is 19.5 Å². The van der Waals surface area contributed by atoms with Crippen molar-refractivity contribution in [3.8, 4) is 23.3 Å². The van der Waals surface area contributed by atoms with Gasteiger partial charge in [-0.1, -0.05) is 57.4 Å². The number of carbonyl (C=O) groups is 1. The van der Waals surface area contributed by atoms with Crippen LogP contribution in [0.1, 0.15) is 16.7 Å². The Labute approximate surface area is 211 Å². The minimum atomic E-state index is -0.616. The summed E-state index contributed by atoms with van der Waals surface area (Å²) < 4.78 is 17.3. The fourth-order valence-corrected chi connectivity index (χ4v) is 3.79. The quantitative estimate of drug-likeness (QED) is 0.258. The van der Waals surface area contributed by atoms with Gasteiger partial charge in [0.05, 0.1) is 24.9 Å². The van der Waals surface area contributed by atoms with E-state index in [0.717, 1.165) is 15.6 Å². The maximum absolute atomic E-state index is 12.9. The molecular weight excluding hydrogens is 520 g/mol. The van der Waals surface area contributed by atoms with E-state index in [-0.39, 0.29) is 5.57 Å². The highest BCUT2D eigenvalue weighted by atomic mass is 79.9. The number of anilines is 1. The number of methoxy groups -OCH3 is 2. The summed E-state index contributed by atoms with van der Waals surface area (Å²) in [6, 6.07) is 18.4. The van der Waals surface area contributed by atoms with Crippen LogP contribution in [0.3, 0.4) is 0 Å². The maximum atomic E-state index is 12.9. The Kier molecular flexibility index (Phi) is 8.58. The van der Waals surface area contributed by atoms with Crippen LogP contribution < -0.4 is 19.5 Å². The average Bonchev–Trinajstić information content (AvgIpc) is 2.82. The molecule has 0 saturated heterocycles. The first-order valence-corrected chi connectivity index (χ1v) is 11.3. The number of rotatable bonds is 8. The number of ether oxygens (including phenoxy) is 3. The zero-order chi connectivity index (χ0) is 24.7. The van der Waals surface area contributed by atoms with Crippen molar-refractivity contribution in [3.05, 3.63) is 86.4 Å². The molecule has 1 N–H and O–H groups in total. The Morgan fingerprint density at radius 2 is 1.85 bits per heavy atom. The summed E-state index contributed by atoms with van der Waals surface area (Å²) in [5.41, 5.74) is 2.93. The van der Waals surface area contributed by atoms with Crippen molar-refractivity contribution in [2.24, 2.45) is 0 Å². The molecule has 6 nitrogen and oxygen atoms in total. The first-order valence-electron chi connectivity index (χ1n) is 10.2. The second-order valence-electron chi connectivity index (χ2n) is 7.27. The number of nitrogens with one attached hydrogen (secondary N) is 1. The molecule has 0 aliphatic carbocycles. The summed E-state index contributed by atoms with van der Waals surface area (Å²) in [5.74, 6) is 0.617. The van der Waals surface area contributed by atoms with E-state index in [1.54, 1.807) is 12.1 Å². The SMILES string of the molecule is COc1cc(NC(=O)/C(C#N)=C/c2cc(Br)ccc2OCc2cccc(C)c2)c(OC)cc1Cl. The zero-order valence-corrected chi connectivity index (χ0v) is 21.2. The van der Waals surface area contributed by atoms with E-state index >= 15 is 0 Å². The van der Waals surface area contributed by atoms with Gasteiger partial charge in [-0.15, -0.1) is 0 Å². The van der Waals surface area contributed by atoms with E-state index in [1.807, 2.05) is 43.3 Å². The Bertz CT molecular complexity index is 1280. The maximum Gasteiger partial charge on any atom is 0.266 e. The van der Waals surface area contributed by atoms with Gasteiger partial charge in [0.2, 0.25) is 0 Å².